The molecule has 1 aromatic carbocycles. The summed E-state index contributed by atoms with van der Waals surface area (Å²) in [5.74, 6) is -0.259. The molecular weight excluding hydrogens is 252 g/mol. The number of nitrogens with two attached hydrogens (primary N) is 1. The minimum Gasteiger partial charge on any atom is -0.385 e. The maximum absolute atomic E-state index is 11.3. The molecule has 1 amide bonds. The summed E-state index contributed by atoms with van der Waals surface area (Å²) in [6.07, 6.45) is 3.92. The third-order valence-corrected chi connectivity index (χ3v) is 4.27. The number of hydrogen-bond acceptors (Lipinski definition) is 3. The maximum Gasteiger partial charge on any atom is 0.248 e. The molecule has 110 valence electrons. The quantitative estimate of drug-likeness (QED) is 0.880. The van der Waals surface area contributed by atoms with Crippen molar-refractivity contribution in [3.8, 4) is 0 Å². The first kappa shape index (κ1) is 15.0. The lowest BCUT2D eigenvalue weighted by molar-refractivity contribution is -0.0618. The molecule has 0 saturated heterocycles. The van der Waals surface area contributed by atoms with Gasteiger partial charge in [0.25, 0.3) is 0 Å². The van der Waals surface area contributed by atoms with Crippen LogP contribution in [0.5, 0.6) is 0 Å². The zero-order chi connectivity index (χ0) is 14.8. The SMILES string of the molecule is CN(C)CC1CCCCC1(O)c1cccc(C(N)=O)c1. The van der Waals surface area contributed by atoms with Gasteiger partial charge < -0.3 is 15.7 Å². The molecule has 3 N–H and O–H groups in total. The van der Waals surface area contributed by atoms with Crippen molar-refractivity contribution in [2.24, 2.45) is 11.7 Å². The van der Waals surface area contributed by atoms with Crippen LogP contribution in [-0.4, -0.2) is 36.6 Å². The Morgan fingerprint density at radius 3 is 2.85 bits per heavy atom. The molecule has 2 rings (SSSR count). The zero-order valence-corrected chi connectivity index (χ0v) is 12.3. The summed E-state index contributed by atoms with van der Waals surface area (Å²) >= 11 is 0. The van der Waals surface area contributed by atoms with Gasteiger partial charge in [0.1, 0.15) is 0 Å². The van der Waals surface area contributed by atoms with Crippen LogP contribution >= 0.6 is 0 Å². The highest BCUT2D eigenvalue weighted by molar-refractivity contribution is 5.92. The van der Waals surface area contributed by atoms with E-state index in [0.29, 0.717) is 5.56 Å². The minimum absolute atomic E-state index is 0.189. The second-order valence-corrected chi connectivity index (χ2v) is 6.07. The number of benzene rings is 1. The van der Waals surface area contributed by atoms with Crippen molar-refractivity contribution in [2.75, 3.05) is 20.6 Å². The fraction of sp³-hybridized carbons (Fsp3) is 0.562. The molecule has 2 atom stereocenters. The van der Waals surface area contributed by atoms with Crippen LogP contribution in [0.25, 0.3) is 0 Å². The van der Waals surface area contributed by atoms with E-state index < -0.39 is 11.5 Å². The Morgan fingerprint density at radius 2 is 2.20 bits per heavy atom. The van der Waals surface area contributed by atoms with Crippen molar-refractivity contribution < 1.29 is 9.90 Å². The molecule has 0 spiro atoms. The van der Waals surface area contributed by atoms with Gasteiger partial charge >= 0.3 is 0 Å². The van der Waals surface area contributed by atoms with Crippen molar-refractivity contribution in [1.82, 2.24) is 4.90 Å². The van der Waals surface area contributed by atoms with Crippen LogP contribution < -0.4 is 5.73 Å². The fourth-order valence-corrected chi connectivity index (χ4v) is 3.23. The Morgan fingerprint density at radius 1 is 1.45 bits per heavy atom. The predicted molar refractivity (Wildman–Crippen MR) is 79.4 cm³/mol. The van der Waals surface area contributed by atoms with Crippen LogP contribution in [0.2, 0.25) is 0 Å². The molecule has 1 aliphatic rings. The molecule has 0 bridgehead atoms. The average molecular weight is 276 g/mol. The molecule has 2 unspecified atom stereocenters. The summed E-state index contributed by atoms with van der Waals surface area (Å²) in [5.41, 5.74) is 5.77. The Hall–Kier alpha value is -1.39. The van der Waals surface area contributed by atoms with Crippen LogP contribution in [-0.2, 0) is 5.60 Å². The summed E-state index contributed by atoms with van der Waals surface area (Å²) in [4.78, 5) is 13.4. The number of primary amides is 1. The van der Waals surface area contributed by atoms with Crippen molar-refractivity contribution in [3.05, 3.63) is 35.4 Å². The molecule has 0 aliphatic heterocycles. The molecule has 1 aliphatic carbocycles. The van der Waals surface area contributed by atoms with E-state index in [0.717, 1.165) is 37.8 Å². The van der Waals surface area contributed by atoms with Crippen molar-refractivity contribution in [2.45, 2.75) is 31.3 Å². The van der Waals surface area contributed by atoms with Gasteiger partial charge in [0, 0.05) is 18.0 Å². The number of nitrogens with zero attached hydrogens (tertiary/aromatic N) is 1. The first-order valence-electron chi connectivity index (χ1n) is 7.21. The number of carbonyl (C=O) groups excluding carboxylic acids is 1. The summed E-state index contributed by atoms with van der Waals surface area (Å²) in [7, 11) is 4.05. The van der Waals surface area contributed by atoms with Crippen molar-refractivity contribution >= 4 is 5.91 Å². The van der Waals surface area contributed by atoms with Gasteiger partial charge in [-0.3, -0.25) is 4.79 Å². The van der Waals surface area contributed by atoms with Gasteiger partial charge in [-0.2, -0.15) is 0 Å². The summed E-state index contributed by atoms with van der Waals surface area (Å²) in [6.45, 7) is 0.845. The lowest BCUT2D eigenvalue weighted by Crippen LogP contribution is -2.43. The van der Waals surface area contributed by atoms with Gasteiger partial charge in [0.2, 0.25) is 5.91 Å². The first-order valence-corrected chi connectivity index (χ1v) is 7.21. The standard InChI is InChI=1S/C16H24N2O2/c1-18(2)11-14-7-3-4-9-16(14,20)13-8-5-6-12(10-13)15(17)19/h5-6,8,10,14,20H,3-4,7,9,11H2,1-2H3,(H2,17,19). The highest BCUT2D eigenvalue weighted by Gasteiger charge is 2.40. The normalized spacial score (nSPS) is 26.7. The maximum atomic E-state index is 11.3. The van der Waals surface area contributed by atoms with Gasteiger partial charge in [-0.25, -0.2) is 0 Å². The number of aliphatic hydroxyl groups is 1. The number of hydrogen-bond donors (Lipinski definition) is 2. The van der Waals surface area contributed by atoms with E-state index >= 15 is 0 Å². The van der Waals surface area contributed by atoms with E-state index in [4.69, 9.17) is 5.73 Å². The van der Waals surface area contributed by atoms with E-state index in [2.05, 4.69) is 4.90 Å². The Labute approximate surface area is 120 Å². The highest BCUT2D eigenvalue weighted by atomic mass is 16.3. The lowest BCUT2D eigenvalue weighted by atomic mass is 9.71. The number of rotatable bonds is 4. The van der Waals surface area contributed by atoms with Crippen molar-refractivity contribution in [3.63, 3.8) is 0 Å². The summed E-state index contributed by atoms with van der Waals surface area (Å²) < 4.78 is 0. The summed E-state index contributed by atoms with van der Waals surface area (Å²) in [6, 6.07) is 7.14. The van der Waals surface area contributed by atoms with E-state index in [9.17, 15) is 9.90 Å². The van der Waals surface area contributed by atoms with Crippen LogP contribution in [0.3, 0.4) is 0 Å². The van der Waals surface area contributed by atoms with Crippen LogP contribution in [0, 0.1) is 5.92 Å². The van der Waals surface area contributed by atoms with Crippen LogP contribution in [0.4, 0.5) is 0 Å². The van der Waals surface area contributed by atoms with Crippen LogP contribution in [0.1, 0.15) is 41.6 Å². The molecule has 1 aromatic rings. The van der Waals surface area contributed by atoms with Gasteiger partial charge in [-0.1, -0.05) is 25.0 Å². The number of amides is 1. The lowest BCUT2D eigenvalue weighted by Gasteiger charge is -2.41. The molecule has 20 heavy (non-hydrogen) atoms. The molecule has 4 nitrogen and oxygen atoms in total. The second-order valence-electron chi connectivity index (χ2n) is 6.07. The smallest absolute Gasteiger partial charge is 0.248 e. The zero-order valence-electron chi connectivity index (χ0n) is 12.3. The molecule has 0 heterocycles. The molecule has 1 fully saturated rings. The van der Waals surface area contributed by atoms with E-state index in [1.165, 1.54) is 0 Å². The Bertz CT molecular complexity index is 487. The van der Waals surface area contributed by atoms with Crippen molar-refractivity contribution in [1.29, 1.82) is 0 Å². The predicted octanol–water partition coefficient (Wildman–Crippen LogP) is 1.72. The number of carbonyl (C=O) groups is 1. The Kier molecular flexibility index (Phi) is 4.45. The van der Waals surface area contributed by atoms with Gasteiger partial charge in [0.05, 0.1) is 5.60 Å². The Balaban J connectivity index is 2.34. The average Bonchev–Trinajstić information content (AvgIpc) is 2.41. The first-order chi connectivity index (χ1) is 9.43. The largest absolute Gasteiger partial charge is 0.385 e. The fourth-order valence-electron chi connectivity index (χ4n) is 3.23. The van der Waals surface area contributed by atoms with Gasteiger partial charge in [0.15, 0.2) is 0 Å². The molecule has 0 aromatic heterocycles. The topological polar surface area (TPSA) is 66.6 Å². The third kappa shape index (κ3) is 3.02. The summed E-state index contributed by atoms with van der Waals surface area (Å²) in [5, 5.41) is 11.2. The highest BCUT2D eigenvalue weighted by Crippen LogP contribution is 2.42. The van der Waals surface area contributed by atoms with Gasteiger partial charge in [-0.15, -0.1) is 0 Å². The molecule has 1 saturated carbocycles. The molecule has 0 radical (unpaired) electrons. The molecule has 4 heteroatoms. The third-order valence-electron chi connectivity index (χ3n) is 4.27. The minimum atomic E-state index is -0.853. The second kappa shape index (κ2) is 5.94. The van der Waals surface area contributed by atoms with E-state index in [1.807, 2.05) is 20.2 Å². The van der Waals surface area contributed by atoms with E-state index in [1.54, 1.807) is 18.2 Å². The van der Waals surface area contributed by atoms with E-state index in [-0.39, 0.29) is 5.92 Å². The molecular formula is C16H24N2O2. The van der Waals surface area contributed by atoms with Gasteiger partial charge in [-0.05, 0) is 44.6 Å². The van der Waals surface area contributed by atoms with Crippen LogP contribution in [0.15, 0.2) is 24.3 Å². The monoisotopic (exact) mass is 276 g/mol.